The Morgan fingerprint density at radius 3 is 2.32 bits per heavy atom. The number of aliphatic carboxylic acids is 1. The molecule has 0 aliphatic heterocycles. The minimum absolute atomic E-state index is 0.202. The molecule has 2 aromatic carbocycles. The number of carboxylic acids is 1. The van der Waals surface area contributed by atoms with E-state index in [2.05, 4.69) is 4.72 Å². The van der Waals surface area contributed by atoms with Gasteiger partial charge >= 0.3 is 5.97 Å². The highest BCUT2D eigenvalue weighted by Gasteiger charge is 2.23. The lowest BCUT2D eigenvalue weighted by atomic mass is 10.0. The Bertz CT molecular complexity index is 875. The first kappa shape index (κ1) is 20.4. The van der Waals surface area contributed by atoms with Crippen LogP contribution in [0, 0.1) is 0 Å². The molecule has 7 heteroatoms. The summed E-state index contributed by atoms with van der Waals surface area (Å²) in [6.45, 7) is 0. The lowest BCUT2D eigenvalue weighted by Crippen LogP contribution is -2.31. The predicted octanol–water partition coefficient (Wildman–Crippen LogP) is 3.64. The maximum absolute atomic E-state index is 12.5. The summed E-state index contributed by atoms with van der Waals surface area (Å²) in [7, 11) is -3.70. The van der Waals surface area contributed by atoms with Gasteiger partial charge in [0.15, 0.2) is 0 Å². The Labute approximate surface area is 165 Å². The van der Waals surface area contributed by atoms with E-state index in [9.17, 15) is 18.3 Å². The van der Waals surface area contributed by atoms with Crippen LogP contribution in [-0.2, 0) is 20.6 Å². The smallest absolute Gasteiger partial charge is 0.305 e. The summed E-state index contributed by atoms with van der Waals surface area (Å²) in [6, 6.07) is 14.9. The SMILES string of the molecule is O=C(O)C[C@@H](NS(=O)(=O)Cc1ccccc1)c1ccc(OC2CCCC2)cc1. The Balaban J connectivity index is 1.71. The molecule has 0 radical (unpaired) electrons. The molecule has 0 unspecified atom stereocenters. The fraction of sp³-hybridized carbons (Fsp3) is 0.381. The Morgan fingerprint density at radius 1 is 1.07 bits per heavy atom. The van der Waals surface area contributed by atoms with Crippen LogP contribution in [0.5, 0.6) is 5.75 Å². The Kier molecular flexibility index (Phi) is 6.70. The predicted molar refractivity (Wildman–Crippen MR) is 107 cm³/mol. The molecule has 2 aromatic rings. The monoisotopic (exact) mass is 403 g/mol. The number of carbonyl (C=O) groups is 1. The van der Waals surface area contributed by atoms with Crippen molar-refractivity contribution in [3.63, 3.8) is 0 Å². The molecule has 0 bridgehead atoms. The number of benzene rings is 2. The van der Waals surface area contributed by atoms with Gasteiger partial charge in [0.05, 0.1) is 24.3 Å². The van der Waals surface area contributed by atoms with Crippen molar-refractivity contribution in [3.8, 4) is 5.75 Å². The summed E-state index contributed by atoms with van der Waals surface area (Å²) in [5.41, 5.74) is 1.24. The van der Waals surface area contributed by atoms with Gasteiger partial charge in [-0.2, -0.15) is 0 Å². The van der Waals surface area contributed by atoms with E-state index < -0.39 is 22.0 Å². The average Bonchev–Trinajstić information content (AvgIpc) is 3.15. The third-order valence-corrected chi connectivity index (χ3v) is 6.14. The first-order valence-electron chi connectivity index (χ1n) is 9.43. The molecule has 0 spiro atoms. The van der Waals surface area contributed by atoms with Crippen molar-refractivity contribution in [2.24, 2.45) is 0 Å². The van der Waals surface area contributed by atoms with Gasteiger partial charge in [-0.05, 0) is 48.9 Å². The van der Waals surface area contributed by atoms with Gasteiger partial charge in [-0.1, -0.05) is 42.5 Å². The summed E-state index contributed by atoms with van der Waals surface area (Å²) in [6.07, 6.45) is 4.33. The second-order valence-corrected chi connectivity index (χ2v) is 8.86. The van der Waals surface area contributed by atoms with E-state index in [1.54, 1.807) is 48.5 Å². The molecule has 1 saturated carbocycles. The Morgan fingerprint density at radius 2 is 1.71 bits per heavy atom. The standard InChI is InChI=1S/C21H25NO5S/c23-21(24)14-20(22-28(25,26)15-16-6-2-1-3-7-16)17-10-12-19(13-11-17)27-18-8-4-5-9-18/h1-3,6-7,10-13,18,20,22H,4-5,8-9,14-15H2,(H,23,24)/t20-/m1/s1. The van der Waals surface area contributed by atoms with Gasteiger partial charge in [-0.25, -0.2) is 13.1 Å². The molecule has 0 aromatic heterocycles. The van der Waals surface area contributed by atoms with E-state index in [-0.39, 0.29) is 18.3 Å². The zero-order valence-electron chi connectivity index (χ0n) is 15.6. The van der Waals surface area contributed by atoms with Crippen molar-refractivity contribution in [2.45, 2.75) is 50.0 Å². The van der Waals surface area contributed by atoms with Crippen LogP contribution in [-0.4, -0.2) is 25.6 Å². The molecule has 1 aliphatic rings. The zero-order valence-corrected chi connectivity index (χ0v) is 16.4. The van der Waals surface area contributed by atoms with Crippen LogP contribution in [0.25, 0.3) is 0 Å². The first-order valence-corrected chi connectivity index (χ1v) is 11.1. The minimum Gasteiger partial charge on any atom is -0.490 e. The normalized spacial score (nSPS) is 16.0. The van der Waals surface area contributed by atoms with Crippen molar-refractivity contribution in [1.29, 1.82) is 0 Å². The van der Waals surface area contributed by atoms with Gasteiger partial charge in [0.2, 0.25) is 10.0 Å². The molecule has 150 valence electrons. The van der Waals surface area contributed by atoms with E-state index in [1.165, 1.54) is 12.8 Å². The molecular formula is C21H25NO5S. The molecule has 1 fully saturated rings. The molecule has 0 amide bonds. The number of rotatable bonds is 9. The van der Waals surface area contributed by atoms with Crippen LogP contribution in [0.1, 0.15) is 49.3 Å². The van der Waals surface area contributed by atoms with E-state index in [1.807, 2.05) is 6.07 Å². The van der Waals surface area contributed by atoms with Crippen molar-refractivity contribution >= 4 is 16.0 Å². The number of carboxylic acid groups (broad SMARTS) is 1. The maximum atomic E-state index is 12.5. The van der Waals surface area contributed by atoms with Crippen molar-refractivity contribution in [1.82, 2.24) is 4.72 Å². The first-order chi connectivity index (χ1) is 13.4. The highest BCUT2D eigenvalue weighted by atomic mass is 32.2. The lowest BCUT2D eigenvalue weighted by Gasteiger charge is -2.19. The third-order valence-electron chi connectivity index (χ3n) is 4.79. The summed E-state index contributed by atoms with van der Waals surface area (Å²) in [5, 5.41) is 9.22. The number of hydrogen-bond donors (Lipinski definition) is 2. The van der Waals surface area contributed by atoms with Gasteiger partial charge in [-0.3, -0.25) is 4.79 Å². The molecule has 3 rings (SSSR count). The maximum Gasteiger partial charge on any atom is 0.305 e. The second-order valence-electron chi connectivity index (χ2n) is 7.11. The van der Waals surface area contributed by atoms with Gasteiger partial charge < -0.3 is 9.84 Å². The molecule has 28 heavy (non-hydrogen) atoms. The average molecular weight is 404 g/mol. The minimum atomic E-state index is -3.70. The molecule has 1 atom stereocenters. The fourth-order valence-electron chi connectivity index (χ4n) is 3.43. The number of ether oxygens (including phenoxy) is 1. The van der Waals surface area contributed by atoms with Crippen LogP contribution in [0.4, 0.5) is 0 Å². The summed E-state index contributed by atoms with van der Waals surface area (Å²) < 4.78 is 33.5. The van der Waals surface area contributed by atoms with Gasteiger partial charge in [-0.15, -0.1) is 0 Å². The van der Waals surface area contributed by atoms with Gasteiger partial charge in [0, 0.05) is 0 Å². The number of nitrogens with one attached hydrogen (secondary N) is 1. The quantitative estimate of drug-likeness (QED) is 0.667. The van der Waals surface area contributed by atoms with Crippen LogP contribution >= 0.6 is 0 Å². The Hall–Kier alpha value is -2.38. The summed E-state index contributed by atoms with van der Waals surface area (Å²) in [5.74, 6) is -0.553. The fourth-order valence-corrected chi connectivity index (χ4v) is 4.80. The second kappa shape index (κ2) is 9.21. The van der Waals surface area contributed by atoms with Gasteiger partial charge in [0.1, 0.15) is 5.75 Å². The van der Waals surface area contributed by atoms with E-state index in [0.717, 1.165) is 18.6 Å². The molecule has 0 saturated heterocycles. The molecular weight excluding hydrogens is 378 g/mol. The van der Waals surface area contributed by atoms with Crippen molar-refractivity contribution in [2.75, 3.05) is 0 Å². The van der Waals surface area contributed by atoms with Crippen LogP contribution in [0.2, 0.25) is 0 Å². The number of sulfonamides is 1. The molecule has 6 nitrogen and oxygen atoms in total. The van der Waals surface area contributed by atoms with Crippen LogP contribution in [0.3, 0.4) is 0 Å². The topological polar surface area (TPSA) is 92.7 Å². The highest BCUT2D eigenvalue weighted by molar-refractivity contribution is 7.88. The zero-order chi connectivity index (χ0) is 20.0. The van der Waals surface area contributed by atoms with Crippen molar-refractivity contribution in [3.05, 3.63) is 65.7 Å². The van der Waals surface area contributed by atoms with E-state index in [0.29, 0.717) is 11.1 Å². The number of hydrogen-bond acceptors (Lipinski definition) is 4. The summed E-state index contributed by atoms with van der Waals surface area (Å²) >= 11 is 0. The largest absolute Gasteiger partial charge is 0.490 e. The third kappa shape index (κ3) is 6.07. The molecule has 0 heterocycles. The van der Waals surface area contributed by atoms with Crippen LogP contribution in [0.15, 0.2) is 54.6 Å². The lowest BCUT2D eigenvalue weighted by molar-refractivity contribution is -0.137. The summed E-state index contributed by atoms with van der Waals surface area (Å²) in [4.78, 5) is 11.3. The van der Waals surface area contributed by atoms with Crippen LogP contribution < -0.4 is 9.46 Å². The molecule has 1 aliphatic carbocycles. The molecule has 2 N–H and O–H groups in total. The highest BCUT2D eigenvalue weighted by Crippen LogP contribution is 2.26. The van der Waals surface area contributed by atoms with E-state index in [4.69, 9.17) is 4.74 Å². The van der Waals surface area contributed by atoms with Crippen molar-refractivity contribution < 1.29 is 23.1 Å². The van der Waals surface area contributed by atoms with E-state index >= 15 is 0 Å². The van der Waals surface area contributed by atoms with Gasteiger partial charge in [0.25, 0.3) is 0 Å².